The molecule has 2 aromatic rings. The first kappa shape index (κ1) is 26.7. The maximum atomic E-state index is 13.3. The third-order valence-corrected chi connectivity index (χ3v) is 5.94. The van der Waals surface area contributed by atoms with Crippen molar-refractivity contribution in [1.29, 1.82) is 0 Å². The van der Waals surface area contributed by atoms with Crippen LogP contribution in [0.15, 0.2) is 36.5 Å². The average molecular weight is 530 g/mol. The van der Waals surface area contributed by atoms with Crippen LogP contribution in [0.5, 0.6) is 0 Å². The Bertz CT molecular complexity index is 1210. The van der Waals surface area contributed by atoms with Crippen LogP contribution in [-0.2, 0) is 16.2 Å². The largest absolute Gasteiger partial charge is 0.465 e. The summed E-state index contributed by atoms with van der Waals surface area (Å²) in [6.45, 7) is 7.13. The minimum absolute atomic E-state index is 0.118. The van der Waals surface area contributed by atoms with Crippen molar-refractivity contribution >= 4 is 24.2 Å². The van der Waals surface area contributed by atoms with E-state index in [1.54, 1.807) is 27.7 Å². The third-order valence-electron chi connectivity index (χ3n) is 5.94. The van der Waals surface area contributed by atoms with Gasteiger partial charge in [-0.25, -0.2) is 29.6 Å². The Hall–Kier alpha value is -4.33. The first-order valence-electron chi connectivity index (χ1n) is 12.1. The number of amides is 5. The Morgan fingerprint density at radius 1 is 1.21 bits per heavy atom. The van der Waals surface area contributed by atoms with Crippen molar-refractivity contribution < 1.29 is 33.9 Å². The zero-order valence-corrected chi connectivity index (χ0v) is 21.6. The highest BCUT2D eigenvalue weighted by Crippen LogP contribution is 2.43. The van der Waals surface area contributed by atoms with Crippen molar-refractivity contribution in [3.63, 3.8) is 0 Å². The minimum atomic E-state index is -1.26. The number of rotatable bonds is 6. The van der Waals surface area contributed by atoms with E-state index in [1.807, 2.05) is 30.3 Å². The van der Waals surface area contributed by atoms with E-state index in [9.17, 15) is 19.2 Å². The Labute approximate surface area is 219 Å². The molecule has 0 radical (unpaired) electrons. The molecule has 0 saturated carbocycles. The smallest absolute Gasteiger partial charge is 0.426 e. The van der Waals surface area contributed by atoms with E-state index in [0.717, 1.165) is 15.3 Å². The van der Waals surface area contributed by atoms with E-state index in [2.05, 4.69) is 15.8 Å². The molecule has 0 aliphatic carbocycles. The SMILES string of the molecule is CCN(NC(=O)OC(C)(C)C)C(=O)n1cc2c(n1)C(CNC(=O)O)N1CC2N(OCc2ccccc2)C1=O. The summed E-state index contributed by atoms with van der Waals surface area (Å²) in [5, 5.41) is 18.2. The standard InChI is InChI=1S/C24H31N7O7/c1-5-29(27-21(34)38-24(2,3)4)23(36)30-12-16-18-13-28(17(19(16)26-30)11-25-20(32)33)22(35)31(18)37-14-15-9-7-6-8-10-15/h6-10,12,17-18,25H,5,11,13-14H2,1-4H3,(H,27,34)(H,32,33). The molecule has 1 aromatic heterocycles. The van der Waals surface area contributed by atoms with Crippen molar-refractivity contribution in [2.24, 2.45) is 0 Å². The number of fused-ring (bicyclic) bond motifs is 4. The summed E-state index contributed by atoms with van der Waals surface area (Å²) in [6, 6.07) is 6.90. The summed E-state index contributed by atoms with van der Waals surface area (Å²) < 4.78 is 6.29. The van der Waals surface area contributed by atoms with E-state index in [-0.39, 0.29) is 26.2 Å². The van der Waals surface area contributed by atoms with E-state index in [1.165, 1.54) is 16.2 Å². The number of benzene rings is 1. The molecule has 38 heavy (non-hydrogen) atoms. The summed E-state index contributed by atoms with van der Waals surface area (Å²) in [5.74, 6) is 0. The van der Waals surface area contributed by atoms with E-state index in [0.29, 0.717) is 11.3 Å². The Kier molecular flexibility index (Phi) is 7.44. The van der Waals surface area contributed by atoms with Crippen molar-refractivity contribution in [2.75, 3.05) is 19.6 Å². The van der Waals surface area contributed by atoms with Crippen molar-refractivity contribution in [3.05, 3.63) is 53.3 Å². The van der Waals surface area contributed by atoms with Gasteiger partial charge in [0.1, 0.15) is 18.2 Å². The maximum absolute atomic E-state index is 13.3. The quantitative estimate of drug-likeness (QED) is 0.482. The second kappa shape index (κ2) is 10.6. The molecular weight excluding hydrogens is 498 g/mol. The first-order valence-corrected chi connectivity index (χ1v) is 12.1. The molecule has 204 valence electrons. The molecule has 4 rings (SSSR count). The maximum Gasteiger partial charge on any atom is 0.426 e. The molecule has 1 saturated heterocycles. The lowest BCUT2D eigenvalue weighted by Gasteiger charge is -2.29. The van der Waals surface area contributed by atoms with Gasteiger partial charge in [0.25, 0.3) is 0 Å². The lowest BCUT2D eigenvalue weighted by atomic mass is 9.98. The highest BCUT2D eigenvalue weighted by atomic mass is 16.7. The highest BCUT2D eigenvalue weighted by Gasteiger charge is 2.50. The number of urea groups is 1. The highest BCUT2D eigenvalue weighted by molar-refractivity contribution is 5.81. The normalized spacial score (nSPS) is 18.2. The number of ether oxygens (including phenoxy) is 1. The number of hydrazine groups is 1. The van der Waals surface area contributed by atoms with Gasteiger partial charge in [-0.3, -0.25) is 4.84 Å². The van der Waals surface area contributed by atoms with Gasteiger partial charge in [-0.2, -0.15) is 14.8 Å². The van der Waals surface area contributed by atoms with Crippen molar-refractivity contribution in [2.45, 2.75) is 52.0 Å². The van der Waals surface area contributed by atoms with Crippen molar-refractivity contribution in [3.8, 4) is 0 Å². The van der Waals surface area contributed by atoms with Gasteiger partial charge in [-0.1, -0.05) is 30.3 Å². The number of nitrogens with zero attached hydrogens (tertiary/aromatic N) is 5. The fourth-order valence-electron chi connectivity index (χ4n) is 4.30. The van der Waals surface area contributed by atoms with Crippen LogP contribution in [0.3, 0.4) is 0 Å². The van der Waals surface area contributed by atoms with Gasteiger partial charge in [0.15, 0.2) is 0 Å². The van der Waals surface area contributed by atoms with Crippen LogP contribution in [0, 0.1) is 0 Å². The number of nitrogens with one attached hydrogen (secondary N) is 2. The van der Waals surface area contributed by atoms with Gasteiger partial charge in [-0.05, 0) is 33.3 Å². The van der Waals surface area contributed by atoms with Crippen LogP contribution in [0.2, 0.25) is 0 Å². The molecule has 3 heterocycles. The summed E-state index contributed by atoms with van der Waals surface area (Å²) in [6.07, 6.45) is -0.583. The van der Waals surface area contributed by atoms with Crippen LogP contribution >= 0.6 is 0 Å². The molecule has 0 spiro atoms. The lowest BCUT2D eigenvalue weighted by Crippen LogP contribution is -2.49. The van der Waals surface area contributed by atoms with Crippen LogP contribution in [0.1, 0.15) is 56.6 Å². The van der Waals surface area contributed by atoms with Gasteiger partial charge >= 0.3 is 24.2 Å². The first-order chi connectivity index (χ1) is 18.0. The molecule has 14 nitrogen and oxygen atoms in total. The van der Waals surface area contributed by atoms with E-state index < -0.39 is 41.9 Å². The fraction of sp³-hybridized carbons (Fsp3) is 0.458. The molecule has 2 unspecified atom stereocenters. The lowest BCUT2D eigenvalue weighted by molar-refractivity contribution is -0.141. The van der Waals surface area contributed by atoms with Gasteiger partial charge < -0.3 is 20.1 Å². The Morgan fingerprint density at radius 3 is 2.55 bits per heavy atom. The molecule has 2 aliphatic heterocycles. The zero-order chi connectivity index (χ0) is 27.6. The number of carboxylic acid groups (broad SMARTS) is 1. The summed E-state index contributed by atoms with van der Waals surface area (Å²) in [5.41, 5.74) is 3.41. The number of aromatic nitrogens is 2. The van der Waals surface area contributed by atoms with Gasteiger partial charge in [0, 0.05) is 24.8 Å². The van der Waals surface area contributed by atoms with E-state index in [4.69, 9.17) is 14.7 Å². The number of hydrogen-bond donors (Lipinski definition) is 3. The van der Waals surface area contributed by atoms with Crippen LogP contribution in [-0.4, -0.2) is 79.3 Å². The molecule has 2 atom stereocenters. The van der Waals surface area contributed by atoms with Gasteiger partial charge in [-0.15, -0.1) is 0 Å². The predicted octanol–water partition coefficient (Wildman–Crippen LogP) is 2.85. The van der Waals surface area contributed by atoms with Crippen LogP contribution in [0.25, 0.3) is 0 Å². The predicted molar refractivity (Wildman–Crippen MR) is 131 cm³/mol. The van der Waals surface area contributed by atoms with Gasteiger partial charge in [0.2, 0.25) is 0 Å². The van der Waals surface area contributed by atoms with Gasteiger partial charge in [0.05, 0.1) is 18.3 Å². The second-order valence-electron chi connectivity index (χ2n) is 9.79. The number of hydrogen-bond acceptors (Lipinski definition) is 7. The molecule has 14 heteroatoms. The number of carbonyl (C=O) groups is 4. The topological polar surface area (TPSA) is 159 Å². The number of carbonyl (C=O) groups excluding carboxylic acids is 3. The molecule has 5 amide bonds. The monoisotopic (exact) mass is 529 g/mol. The van der Waals surface area contributed by atoms with E-state index >= 15 is 0 Å². The second-order valence-corrected chi connectivity index (χ2v) is 9.79. The summed E-state index contributed by atoms with van der Waals surface area (Å²) in [4.78, 5) is 57.3. The summed E-state index contributed by atoms with van der Waals surface area (Å²) in [7, 11) is 0. The minimum Gasteiger partial charge on any atom is -0.465 e. The van der Waals surface area contributed by atoms with Crippen LogP contribution < -0.4 is 10.7 Å². The molecular formula is C24H31N7O7. The third kappa shape index (κ3) is 5.64. The molecule has 1 fully saturated rings. The molecule has 2 bridgehead atoms. The molecule has 1 aromatic carbocycles. The zero-order valence-electron chi connectivity index (χ0n) is 21.6. The van der Waals surface area contributed by atoms with Crippen molar-refractivity contribution in [1.82, 2.24) is 35.5 Å². The fourth-order valence-corrected chi connectivity index (χ4v) is 4.30. The average Bonchev–Trinajstić information content (AvgIpc) is 3.41. The molecule has 2 aliphatic rings. The number of hydroxylamine groups is 2. The molecule has 3 N–H and O–H groups in total. The van der Waals surface area contributed by atoms with Crippen LogP contribution in [0.4, 0.5) is 19.2 Å². The summed E-state index contributed by atoms with van der Waals surface area (Å²) >= 11 is 0. The Balaban J connectivity index is 1.60. The Morgan fingerprint density at radius 2 is 1.92 bits per heavy atom.